The summed E-state index contributed by atoms with van der Waals surface area (Å²) in [4.78, 5) is 55.6. The Bertz CT molecular complexity index is 1760. The Morgan fingerprint density at radius 1 is 1.13 bits per heavy atom. The van der Waals surface area contributed by atoms with Crippen molar-refractivity contribution in [3.8, 4) is 17.2 Å². The summed E-state index contributed by atoms with van der Waals surface area (Å²) in [5.74, 6) is -9.26. The van der Waals surface area contributed by atoms with Crippen LogP contribution in [0.25, 0.3) is 0 Å². The van der Waals surface area contributed by atoms with Gasteiger partial charge in [0.25, 0.3) is 11.8 Å². The number of phenols is 2. The first-order valence-corrected chi connectivity index (χ1v) is 15.1. The number of methoxy groups -OCH3 is 1. The maximum Gasteiger partial charge on any atom is 0.255 e. The first-order chi connectivity index (χ1) is 21.9. The average Bonchev–Trinajstić information content (AvgIpc) is 3.49. The monoisotopic (exact) mass is 633 g/mol. The molecule has 0 bridgehead atoms. The van der Waals surface area contributed by atoms with E-state index in [1.807, 2.05) is 6.92 Å². The van der Waals surface area contributed by atoms with Crippen molar-refractivity contribution >= 4 is 23.4 Å². The third-order valence-corrected chi connectivity index (χ3v) is 9.95. The first kappa shape index (κ1) is 31.1. The minimum absolute atomic E-state index is 0.0396. The normalized spacial score (nSPS) is 27.6. The minimum atomic E-state index is -2.95. The van der Waals surface area contributed by atoms with Crippen molar-refractivity contribution in [1.29, 1.82) is 0 Å². The highest BCUT2D eigenvalue weighted by atomic mass is 16.5. The average molecular weight is 634 g/mol. The molecule has 1 heterocycles. The van der Waals surface area contributed by atoms with Gasteiger partial charge in [-0.05, 0) is 62.9 Å². The molecule has 2 aromatic carbocycles. The van der Waals surface area contributed by atoms with Gasteiger partial charge in [0.05, 0.1) is 24.3 Å². The SMILES string of the molecule is CCN1CCC[C@H]1c1cc(O)c2c(c1OC)C[C@H]1C[C@H]3[C@H](NC(=O)c4ccccc4O)C(O)=C(C(N)=O)C(=O)[C@@]3(O)C(O)=C1C2=O. The van der Waals surface area contributed by atoms with Crippen molar-refractivity contribution in [3.63, 3.8) is 0 Å². The number of aromatic hydroxyl groups is 2. The predicted molar refractivity (Wildman–Crippen MR) is 161 cm³/mol. The maximum atomic E-state index is 14.1. The summed E-state index contributed by atoms with van der Waals surface area (Å²) in [6.07, 6.45) is 1.56. The van der Waals surface area contributed by atoms with Crippen LogP contribution in [0.3, 0.4) is 0 Å². The van der Waals surface area contributed by atoms with Crippen LogP contribution in [0.15, 0.2) is 53.0 Å². The summed E-state index contributed by atoms with van der Waals surface area (Å²) in [7, 11) is 1.47. The number of carbonyl (C=O) groups excluding carboxylic acids is 4. The number of Topliss-reactive ketones (excluding diaryl/α,β-unsaturated/α-hetero) is 2. The molecule has 1 saturated heterocycles. The number of allylic oxidation sites excluding steroid dienone is 1. The summed E-state index contributed by atoms with van der Waals surface area (Å²) in [6.45, 7) is 3.65. The van der Waals surface area contributed by atoms with Crippen LogP contribution in [0.1, 0.15) is 64.1 Å². The molecular weight excluding hydrogens is 598 g/mol. The van der Waals surface area contributed by atoms with Crippen LogP contribution in [-0.2, 0) is 16.0 Å². The Labute approximate surface area is 263 Å². The fourth-order valence-electron chi connectivity index (χ4n) is 7.85. The number of fused-ring (bicyclic) bond motifs is 3. The van der Waals surface area contributed by atoms with E-state index in [-0.39, 0.29) is 41.3 Å². The van der Waals surface area contributed by atoms with E-state index in [0.29, 0.717) is 16.9 Å². The van der Waals surface area contributed by atoms with Crippen LogP contribution in [0.4, 0.5) is 0 Å². The van der Waals surface area contributed by atoms with Gasteiger partial charge in [0.1, 0.15) is 34.3 Å². The van der Waals surface area contributed by atoms with E-state index in [1.54, 1.807) is 0 Å². The lowest BCUT2D eigenvalue weighted by atomic mass is 9.58. The molecule has 46 heavy (non-hydrogen) atoms. The van der Waals surface area contributed by atoms with Crippen molar-refractivity contribution in [3.05, 3.63) is 75.3 Å². The minimum Gasteiger partial charge on any atom is -0.509 e. The molecule has 2 amide bonds. The van der Waals surface area contributed by atoms with Gasteiger partial charge in [-0.15, -0.1) is 0 Å². The van der Waals surface area contributed by atoms with Crippen LogP contribution >= 0.6 is 0 Å². The van der Waals surface area contributed by atoms with Gasteiger partial charge < -0.3 is 41.3 Å². The quantitative estimate of drug-likeness (QED) is 0.228. The fraction of sp³-hybridized carbons (Fsp3) is 0.394. The summed E-state index contributed by atoms with van der Waals surface area (Å²) in [5, 5.41) is 58.6. The van der Waals surface area contributed by atoms with Crippen LogP contribution in [0.2, 0.25) is 0 Å². The predicted octanol–water partition coefficient (Wildman–Crippen LogP) is 1.86. The summed E-state index contributed by atoms with van der Waals surface area (Å²) < 4.78 is 5.84. The van der Waals surface area contributed by atoms with E-state index < -0.39 is 69.7 Å². The second-order valence-corrected chi connectivity index (χ2v) is 12.2. The highest BCUT2D eigenvalue weighted by molar-refractivity contribution is 6.25. The third-order valence-electron chi connectivity index (χ3n) is 9.95. The number of carbonyl (C=O) groups is 4. The molecule has 3 aliphatic carbocycles. The lowest BCUT2D eigenvalue weighted by Gasteiger charge is -2.48. The Balaban J connectivity index is 1.49. The zero-order chi connectivity index (χ0) is 33.2. The Morgan fingerprint density at radius 3 is 2.50 bits per heavy atom. The Kier molecular flexibility index (Phi) is 7.56. The zero-order valence-corrected chi connectivity index (χ0v) is 25.2. The number of nitrogens with one attached hydrogen (secondary N) is 1. The van der Waals surface area contributed by atoms with Crippen molar-refractivity contribution < 1.29 is 49.4 Å². The number of aliphatic hydroxyl groups excluding tert-OH is 2. The third kappa shape index (κ3) is 4.36. The molecule has 6 rings (SSSR count). The molecule has 8 N–H and O–H groups in total. The largest absolute Gasteiger partial charge is 0.509 e. The number of aliphatic hydroxyl groups is 3. The number of rotatable bonds is 6. The number of primary amides is 1. The highest BCUT2D eigenvalue weighted by Gasteiger charge is 2.63. The highest BCUT2D eigenvalue weighted by Crippen LogP contribution is 2.54. The number of likely N-dealkylation sites (tertiary alicyclic amines) is 1. The number of phenolic OH excluding ortho intramolecular Hbond substituents is 2. The number of para-hydroxylation sites is 1. The summed E-state index contributed by atoms with van der Waals surface area (Å²) >= 11 is 0. The van der Waals surface area contributed by atoms with Crippen LogP contribution in [-0.4, -0.2) is 85.7 Å². The molecular formula is C33H35N3O10. The number of nitrogens with zero attached hydrogens (tertiary/aromatic N) is 1. The van der Waals surface area contributed by atoms with Gasteiger partial charge in [-0.2, -0.15) is 0 Å². The van der Waals surface area contributed by atoms with Crippen LogP contribution < -0.4 is 15.8 Å². The molecule has 0 spiro atoms. The van der Waals surface area contributed by atoms with Crippen molar-refractivity contribution in [1.82, 2.24) is 10.2 Å². The van der Waals surface area contributed by atoms with Crippen molar-refractivity contribution in [2.45, 2.75) is 50.3 Å². The van der Waals surface area contributed by atoms with Gasteiger partial charge in [-0.25, -0.2) is 0 Å². The maximum absolute atomic E-state index is 14.1. The molecule has 0 saturated carbocycles. The lowest BCUT2D eigenvalue weighted by molar-refractivity contribution is -0.146. The van der Waals surface area contributed by atoms with E-state index in [4.69, 9.17) is 10.5 Å². The molecule has 13 nitrogen and oxygen atoms in total. The fourth-order valence-corrected chi connectivity index (χ4v) is 7.85. The first-order valence-electron chi connectivity index (χ1n) is 15.1. The number of hydrogen-bond donors (Lipinski definition) is 7. The molecule has 0 unspecified atom stereocenters. The molecule has 0 radical (unpaired) electrons. The van der Waals surface area contributed by atoms with E-state index in [1.165, 1.54) is 37.4 Å². The summed E-state index contributed by atoms with van der Waals surface area (Å²) in [5.41, 5.74) is 1.84. The van der Waals surface area contributed by atoms with Crippen LogP contribution in [0.5, 0.6) is 17.2 Å². The standard InChI is InChI=1S/C33H35N3O10/c1-3-36-10-6-8-19(36)16-13-21(38)23-17(28(16)46-2)11-14-12-18-25(35-32(44)15-7-4-5-9-20(15)37)27(40)24(31(34)43)30(42)33(18,45)29(41)22(14)26(23)39/h4-5,7,9,13-14,18-19,25,37-38,40-41,45H,3,6,8,10-12H2,1-2H3,(H2,34,43)(H,35,44)/t14-,18-,19-,25-,33-/m0/s1. The number of amides is 2. The van der Waals surface area contributed by atoms with Crippen molar-refractivity contribution in [2.24, 2.45) is 17.6 Å². The molecule has 0 aromatic heterocycles. The van der Waals surface area contributed by atoms with E-state index >= 15 is 0 Å². The van der Waals surface area contributed by atoms with Gasteiger partial charge in [0.2, 0.25) is 5.78 Å². The molecule has 1 aliphatic heterocycles. The van der Waals surface area contributed by atoms with Crippen LogP contribution in [0, 0.1) is 11.8 Å². The van der Waals surface area contributed by atoms with E-state index in [2.05, 4.69) is 10.2 Å². The second kappa shape index (κ2) is 11.2. The molecule has 4 aliphatic rings. The molecule has 1 fully saturated rings. The topological polar surface area (TPSA) is 220 Å². The Hall–Kier alpha value is -4.88. The smallest absolute Gasteiger partial charge is 0.255 e. The number of benzene rings is 2. The van der Waals surface area contributed by atoms with E-state index in [9.17, 15) is 44.7 Å². The van der Waals surface area contributed by atoms with Gasteiger partial charge in [-0.3, -0.25) is 24.1 Å². The molecule has 2 aromatic rings. The van der Waals surface area contributed by atoms with Gasteiger partial charge in [0.15, 0.2) is 11.4 Å². The Morgan fingerprint density at radius 2 is 1.85 bits per heavy atom. The number of ether oxygens (including phenoxy) is 1. The molecule has 242 valence electrons. The van der Waals surface area contributed by atoms with Gasteiger partial charge in [-0.1, -0.05) is 19.1 Å². The second-order valence-electron chi connectivity index (χ2n) is 12.2. The number of hydrogen-bond acceptors (Lipinski definition) is 11. The molecule has 5 atom stereocenters. The lowest BCUT2D eigenvalue weighted by Crippen LogP contribution is -2.64. The zero-order valence-electron chi connectivity index (χ0n) is 25.2. The number of ketones is 2. The number of nitrogens with two attached hydrogens (primary N) is 1. The van der Waals surface area contributed by atoms with Crippen molar-refractivity contribution in [2.75, 3.05) is 20.2 Å². The van der Waals surface area contributed by atoms with Gasteiger partial charge >= 0.3 is 0 Å². The summed E-state index contributed by atoms with van der Waals surface area (Å²) in [6, 6.07) is 5.30. The van der Waals surface area contributed by atoms with E-state index in [0.717, 1.165) is 25.9 Å². The molecule has 13 heteroatoms. The van der Waals surface area contributed by atoms with Gasteiger partial charge in [0, 0.05) is 28.7 Å².